The Hall–Kier alpha value is -2.62. The standard InChI is InChI=1S/C17H19N3O6S/c1-4-24-16(23)13-12(8(2)21)9(3)25-15(13)18-11(22)7-27-17-20-19-14(26-17)10-5-6-10/h10H,4-7H2,1-3H3,(H,18,22). The smallest absolute Gasteiger partial charge is 0.344 e. The van der Waals surface area contributed by atoms with E-state index >= 15 is 0 Å². The summed E-state index contributed by atoms with van der Waals surface area (Å²) in [6, 6.07) is 0. The Balaban J connectivity index is 1.69. The van der Waals surface area contributed by atoms with Gasteiger partial charge in [-0.3, -0.25) is 14.9 Å². The number of aryl methyl sites for hydroxylation is 1. The van der Waals surface area contributed by atoms with Gasteiger partial charge in [0.2, 0.25) is 17.7 Å². The number of carbonyl (C=O) groups excluding carboxylic acids is 3. The third-order valence-corrected chi connectivity index (χ3v) is 4.66. The molecule has 10 heteroatoms. The normalized spacial score (nSPS) is 13.4. The minimum Gasteiger partial charge on any atom is -0.462 e. The minimum atomic E-state index is -0.728. The first-order chi connectivity index (χ1) is 12.9. The molecule has 1 N–H and O–H groups in total. The summed E-state index contributed by atoms with van der Waals surface area (Å²) in [6.07, 6.45) is 2.08. The van der Waals surface area contributed by atoms with E-state index in [2.05, 4.69) is 15.5 Å². The molecule has 0 atom stereocenters. The molecule has 9 nitrogen and oxygen atoms in total. The van der Waals surface area contributed by atoms with Crippen molar-refractivity contribution in [3.8, 4) is 0 Å². The number of ketones is 1. The zero-order valence-corrected chi connectivity index (χ0v) is 16.0. The van der Waals surface area contributed by atoms with Gasteiger partial charge in [-0.25, -0.2) is 4.79 Å². The summed E-state index contributed by atoms with van der Waals surface area (Å²) in [5, 5.41) is 10.7. The Morgan fingerprint density at radius 2 is 1.96 bits per heavy atom. The predicted molar refractivity (Wildman–Crippen MR) is 95.0 cm³/mol. The molecule has 0 aliphatic heterocycles. The number of Topliss-reactive ketones (excluding diaryl/α,β-unsaturated/α-hetero) is 1. The van der Waals surface area contributed by atoms with Crippen molar-refractivity contribution in [1.82, 2.24) is 10.2 Å². The highest BCUT2D eigenvalue weighted by Crippen LogP contribution is 2.39. The van der Waals surface area contributed by atoms with Gasteiger partial charge in [0.25, 0.3) is 5.22 Å². The highest BCUT2D eigenvalue weighted by atomic mass is 32.2. The van der Waals surface area contributed by atoms with Gasteiger partial charge in [0.15, 0.2) is 5.78 Å². The fourth-order valence-corrected chi connectivity index (χ4v) is 3.09. The lowest BCUT2D eigenvalue weighted by atomic mass is 10.1. The molecule has 3 rings (SSSR count). The molecule has 1 amide bonds. The average molecular weight is 393 g/mol. The molecule has 1 saturated carbocycles. The molecule has 1 aliphatic carbocycles. The van der Waals surface area contributed by atoms with E-state index in [1.807, 2.05) is 0 Å². The van der Waals surface area contributed by atoms with Crippen molar-refractivity contribution in [3.63, 3.8) is 0 Å². The second-order valence-corrected chi connectivity index (χ2v) is 6.96. The molecule has 1 aliphatic rings. The quantitative estimate of drug-likeness (QED) is 0.409. The molecule has 0 unspecified atom stereocenters. The Kier molecular flexibility index (Phi) is 5.64. The highest BCUT2D eigenvalue weighted by molar-refractivity contribution is 7.99. The summed E-state index contributed by atoms with van der Waals surface area (Å²) in [5.41, 5.74) is 0.0244. The van der Waals surface area contributed by atoms with Crippen molar-refractivity contribution in [2.45, 2.75) is 44.8 Å². The number of carbonyl (C=O) groups is 3. The van der Waals surface area contributed by atoms with E-state index in [1.54, 1.807) is 13.8 Å². The van der Waals surface area contributed by atoms with Crippen LogP contribution >= 0.6 is 11.8 Å². The zero-order chi connectivity index (χ0) is 19.6. The summed E-state index contributed by atoms with van der Waals surface area (Å²) < 4.78 is 15.9. The van der Waals surface area contributed by atoms with Gasteiger partial charge in [-0.15, -0.1) is 10.2 Å². The molecule has 2 aromatic rings. The van der Waals surface area contributed by atoms with E-state index in [-0.39, 0.29) is 40.9 Å². The van der Waals surface area contributed by atoms with Crippen LogP contribution in [0.5, 0.6) is 0 Å². The van der Waals surface area contributed by atoms with Crippen LogP contribution in [0.25, 0.3) is 0 Å². The number of thioether (sulfide) groups is 1. The lowest BCUT2D eigenvalue weighted by Gasteiger charge is -2.05. The highest BCUT2D eigenvalue weighted by Gasteiger charge is 2.30. The number of furan rings is 1. The predicted octanol–water partition coefficient (Wildman–Crippen LogP) is 2.96. The Labute approximate surface area is 159 Å². The maximum Gasteiger partial charge on any atom is 0.344 e. The zero-order valence-electron chi connectivity index (χ0n) is 15.2. The van der Waals surface area contributed by atoms with Crippen molar-refractivity contribution < 1.29 is 28.0 Å². The molecule has 27 heavy (non-hydrogen) atoms. The summed E-state index contributed by atoms with van der Waals surface area (Å²) >= 11 is 1.08. The largest absolute Gasteiger partial charge is 0.462 e. The monoisotopic (exact) mass is 393 g/mol. The van der Waals surface area contributed by atoms with Crippen LogP contribution < -0.4 is 5.32 Å². The lowest BCUT2D eigenvalue weighted by Crippen LogP contribution is -2.17. The fraction of sp³-hybridized carbons (Fsp3) is 0.471. The molecule has 1 fully saturated rings. The van der Waals surface area contributed by atoms with Crippen LogP contribution in [0.2, 0.25) is 0 Å². The van der Waals surface area contributed by atoms with Gasteiger partial charge in [0, 0.05) is 5.92 Å². The van der Waals surface area contributed by atoms with Gasteiger partial charge in [0.1, 0.15) is 11.3 Å². The van der Waals surface area contributed by atoms with E-state index in [0.717, 1.165) is 24.6 Å². The lowest BCUT2D eigenvalue weighted by molar-refractivity contribution is -0.113. The molecular weight excluding hydrogens is 374 g/mol. The van der Waals surface area contributed by atoms with E-state index in [0.29, 0.717) is 17.0 Å². The second-order valence-electron chi connectivity index (χ2n) is 6.03. The second kappa shape index (κ2) is 7.95. The van der Waals surface area contributed by atoms with Crippen LogP contribution in [0.1, 0.15) is 65.0 Å². The van der Waals surface area contributed by atoms with Gasteiger partial charge in [0.05, 0.1) is 17.9 Å². The number of esters is 1. The van der Waals surface area contributed by atoms with Crippen molar-refractivity contribution >= 4 is 35.3 Å². The van der Waals surface area contributed by atoms with E-state index in [9.17, 15) is 14.4 Å². The summed E-state index contributed by atoms with van der Waals surface area (Å²) in [7, 11) is 0. The first-order valence-electron chi connectivity index (χ1n) is 8.48. The van der Waals surface area contributed by atoms with Gasteiger partial charge < -0.3 is 13.6 Å². The molecule has 2 heterocycles. The van der Waals surface area contributed by atoms with Crippen molar-refractivity contribution in [3.05, 3.63) is 22.8 Å². The third-order valence-electron chi connectivity index (χ3n) is 3.84. The number of hydrogen-bond acceptors (Lipinski definition) is 9. The molecule has 0 saturated heterocycles. The van der Waals surface area contributed by atoms with Crippen LogP contribution in [-0.2, 0) is 9.53 Å². The maximum atomic E-state index is 12.2. The molecule has 0 bridgehead atoms. The summed E-state index contributed by atoms with van der Waals surface area (Å²) in [4.78, 5) is 36.3. The van der Waals surface area contributed by atoms with E-state index in [4.69, 9.17) is 13.6 Å². The van der Waals surface area contributed by atoms with Crippen LogP contribution in [0, 0.1) is 6.92 Å². The number of aromatic nitrogens is 2. The van der Waals surface area contributed by atoms with E-state index in [1.165, 1.54) is 6.92 Å². The van der Waals surface area contributed by atoms with Crippen molar-refractivity contribution in [1.29, 1.82) is 0 Å². The number of ether oxygens (including phenoxy) is 1. The summed E-state index contributed by atoms with van der Waals surface area (Å²) in [6.45, 7) is 4.63. The topological polar surface area (TPSA) is 125 Å². The van der Waals surface area contributed by atoms with Crippen LogP contribution in [0.15, 0.2) is 14.1 Å². The Morgan fingerprint density at radius 1 is 1.22 bits per heavy atom. The molecule has 0 spiro atoms. The van der Waals surface area contributed by atoms with E-state index < -0.39 is 11.9 Å². The number of nitrogens with zero attached hydrogens (tertiary/aromatic N) is 2. The number of nitrogens with one attached hydrogen (secondary N) is 1. The SMILES string of the molecule is CCOC(=O)c1c(NC(=O)CSc2nnc(C3CC3)o2)oc(C)c1C(C)=O. The average Bonchev–Trinajstić information content (AvgIpc) is 3.25. The third kappa shape index (κ3) is 4.38. The Morgan fingerprint density at radius 3 is 2.59 bits per heavy atom. The first kappa shape index (κ1) is 19.2. The van der Waals surface area contributed by atoms with Gasteiger partial charge in [-0.2, -0.15) is 0 Å². The van der Waals surface area contributed by atoms with Crippen LogP contribution in [0.3, 0.4) is 0 Å². The number of amides is 1. The molecule has 0 radical (unpaired) electrons. The van der Waals surface area contributed by atoms with Crippen LogP contribution in [-0.4, -0.2) is 40.2 Å². The molecule has 0 aromatic carbocycles. The van der Waals surface area contributed by atoms with Crippen molar-refractivity contribution in [2.24, 2.45) is 0 Å². The minimum absolute atomic E-state index is 0.0241. The molecular formula is C17H19N3O6S. The maximum absolute atomic E-state index is 12.2. The first-order valence-corrected chi connectivity index (χ1v) is 9.46. The van der Waals surface area contributed by atoms with Gasteiger partial charge in [-0.05, 0) is 33.6 Å². The summed E-state index contributed by atoms with van der Waals surface area (Å²) in [5.74, 6) is -0.490. The van der Waals surface area contributed by atoms with Gasteiger partial charge >= 0.3 is 5.97 Å². The van der Waals surface area contributed by atoms with Crippen molar-refractivity contribution in [2.75, 3.05) is 17.7 Å². The Bertz CT molecular complexity index is 883. The number of rotatable bonds is 8. The van der Waals surface area contributed by atoms with Crippen LogP contribution in [0.4, 0.5) is 5.88 Å². The molecule has 2 aromatic heterocycles. The molecule has 144 valence electrons. The number of hydrogen-bond donors (Lipinski definition) is 1. The van der Waals surface area contributed by atoms with Gasteiger partial charge in [-0.1, -0.05) is 11.8 Å². The number of anilines is 1. The fourth-order valence-electron chi connectivity index (χ4n) is 2.52.